The minimum absolute atomic E-state index is 0.555. The van der Waals surface area contributed by atoms with E-state index in [1.165, 1.54) is 23.3 Å². The van der Waals surface area contributed by atoms with Crippen LogP contribution in [0.2, 0.25) is 0 Å². The first-order chi connectivity index (χ1) is 8.69. The zero-order valence-corrected chi connectivity index (χ0v) is 11.6. The van der Waals surface area contributed by atoms with E-state index in [2.05, 4.69) is 24.3 Å². The van der Waals surface area contributed by atoms with Gasteiger partial charge in [0.1, 0.15) is 10.7 Å². The van der Waals surface area contributed by atoms with Gasteiger partial charge in [0.2, 0.25) is 0 Å². The van der Waals surface area contributed by atoms with E-state index < -0.39 is 0 Å². The predicted octanol–water partition coefficient (Wildman–Crippen LogP) is 2.66. The number of anilines is 1. The van der Waals surface area contributed by atoms with Crippen molar-refractivity contribution in [3.05, 3.63) is 16.3 Å². The largest absolute Gasteiger partial charge is 0.308 e. The summed E-state index contributed by atoms with van der Waals surface area (Å²) < 4.78 is 0. The van der Waals surface area contributed by atoms with Crippen molar-refractivity contribution in [1.29, 1.82) is 0 Å². The van der Waals surface area contributed by atoms with Gasteiger partial charge in [-0.1, -0.05) is 13.8 Å². The van der Waals surface area contributed by atoms with Crippen LogP contribution in [-0.4, -0.2) is 9.97 Å². The zero-order valence-electron chi connectivity index (χ0n) is 10.8. The Morgan fingerprint density at radius 2 is 2.17 bits per heavy atom. The van der Waals surface area contributed by atoms with Crippen molar-refractivity contribution >= 4 is 27.4 Å². The summed E-state index contributed by atoms with van der Waals surface area (Å²) in [4.78, 5) is 11.8. The average molecular weight is 262 g/mol. The molecule has 4 nitrogen and oxygen atoms in total. The Morgan fingerprint density at radius 3 is 2.89 bits per heavy atom. The van der Waals surface area contributed by atoms with Gasteiger partial charge in [0.05, 0.1) is 5.39 Å². The number of aryl methyl sites for hydroxylation is 2. The second-order valence-corrected chi connectivity index (χ2v) is 6.35. The minimum atomic E-state index is 0.555. The fourth-order valence-corrected chi connectivity index (χ4v) is 3.88. The van der Waals surface area contributed by atoms with Gasteiger partial charge in [-0.25, -0.2) is 15.8 Å². The summed E-state index contributed by atoms with van der Waals surface area (Å²) in [5.41, 5.74) is 4.17. The molecule has 96 valence electrons. The van der Waals surface area contributed by atoms with Crippen LogP contribution in [0, 0.1) is 5.92 Å². The Labute approximate surface area is 111 Å². The molecule has 0 spiro atoms. The Morgan fingerprint density at radius 1 is 1.33 bits per heavy atom. The number of nitrogen functional groups attached to an aromatic ring is 1. The van der Waals surface area contributed by atoms with E-state index in [1.807, 2.05) is 11.3 Å². The molecule has 2 heterocycles. The van der Waals surface area contributed by atoms with Crippen LogP contribution in [0.5, 0.6) is 0 Å². The molecule has 0 aliphatic heterocycles. The van der Waals surface area contributed by atoms with Crippen LogP contribution in [-0.2, 0) is 19.3 Å². The molecule has 0 amide bonds. The van der Waals surface area contributed by atoms with Crippen LogP contribution in [0.3, 0.4) is 0 Å². The standard InChI is InChI=1S/C13H18N4S/c1-7(2)6-10-15-12(17-14)11-8-4-3-5-9(8)18-13(11)16-10/h7H,3-6,14H2,1-2H3,(H,15,16,17). The normalized spacial score (nSPS) is 14.4. The van der Waals surface area contributed by atoms with Crippen molar-refractivity contribution in [3.8, 4) is 0 Å². The lowest BCUT2D eigenvalue weighted by molar-refractivity contribution is 0.623. The lowest BCUT2D eigenvalue weighted by Gasteiger charge is -2.08. The molecule has 0 bridgehead atoms. The van der Waals surface area contributed by atoms with Crippen molar-refractivity contribution < 1.29 is 0 Å². The summed E-state index contributed by atoms with van der Waals surface area (Å²) in [6, 6.07) is 0. The lowest BCUT2D eigenvalue weighted by atomic mass is 10.1. The molecule has 18 heavy (non-hydrogen) atoms. The van der Waals surface area contributed by atoms with E-state index in [-0.39, 0.29) is 0 Å². The van der Waals surface area contributed by atoms with Crippen molar-refractivity contribution in [2.45, 2.75) is 39.5 Å². The summed E-state index contributed by atoms with van der Waals surface area (Å²) in [6.45, 7) is 4.36. The molecule has 0 unspecified atom stereocenters. The van der Waals surface area contributed by atoms with Gasteiger partial charge < -0.3 is 5.43 Å². The molecule has 2 aromatic rings. The lowest BCUT2D eigenvalue weighted by Crippen LogP contribution is -2.12. The fourth-order valence-electron chi connectivity index (χ4n) is 2.60. The van der Waals surface area contributed by atoms with E-state index in [9.17, 15) is 0 Å². The molecule has 1 aliphatic rings. The molecular formula is C13H18N4S. The van der Waals surface area contributed by atoms with Crippen molar-refractivity contribution in [3.63, 3.8) is 0 Å². The first-order valence-corrected chi connectivity index (χ1v) is 7.28. The highest BCUT2D eigenvalue weighted by molar-refractivity contribution is 7.19. The summed E-state index contributed by atoms with van der Waals surface area (Å²) >= 11 is 1.81. The van der Waals surface area contributed by atoms with Crippen LogP contribution >= 0.6 is 11.3 Å². The van der Waals surface area contributed by atoms with Gasteiger partial charge in [-0.15, -0.1) is 11.3 Å². The number of nitrogens with zero attached hydrogens (tertiary/aromatic N) is 2. The Balaban J connectivity index is 2.17. The molecule has 1 aliphatic carbocycles. The first-order valence-electron chi connectivity index (χ1n) is 6.46. The molecule has 0 saturated heterocycles. The van der Waals surface area contributed by atoms with Crippen molar-refractivity contribution in [1.82, 2.24) is 9.97 Å². The number of hydrogen-bond acceptors (Lipinski definition) is 5. The molecule has 0 radical (unpaired) electrons. The number of aromatic nitrogens is 2. The zero-order chi connectivity index (χ0) is 12.7. The molecule has 2 aromatic heterocycles. The van der Waals surface area contributed by atoms with Gasteiger partial charge in [-0.3, -0.25) is 0 Å². The fraction of sp³-hybridized carbons (Fsp3) is 0.538. The molecule has 0 saturated carbocycles. The topological polar surface area (TPSA) is 63.8 Å². The molecule has 5 heteroatoms. The molecule has 0 atom stereocenters. The number of thiophene rings is 1. The first kappa shape index (κ1) is 11.9. The Kier molecular flexibility index (Phi) is 2.95. The number of hydrogen-bond donors (Lipinski definition) is 2. The Hall–Kier alpha value is -1.20. The van der Waals surface area contributed by atoms with E-state index >= 15 is 0 Å². The smallest absolute Gasteiger partial charge is 0.152 e. The highest BCUT2D eigenvalue weighted by Gasteiger charge is 2.22. The van der Waals surface area contributed by atoms with Crippen molar-refractivity contribution in [2.24, 2.45) is 11.8 Å². The van der Waals surface area contributed by atoms with E-state index in [0.717, 1.165) is 34.7 Å². The van der Waals surface area contributed by atoms with Gasteiger partial charge in [-0.05, 0) is 30.7 Å². The maximum atomic E-state index is 5.63. The third-order valence-corrected chi connectivity index (χ3v) is 4.52. The number of hydrazine groups is 1. The second kappa shape index (κ2) is 4.48. The monoisotopic (exact) mass is 262 g/mol. The van der Waals surface area contributed by atoms with E-state index in [0.29, 0.717) is 5.92 Å². The summed E-state index contributed by atoms with van der Waals surface area (Å²) in [7, 11) is 0. The SMILES string of the molecule is CC(C)Cc1nc(NN)c2c3c(sc2n1)CCC3. The van der Waals surface area contributed by atoms with Gasteiger partial charge >= 0.3 is 0 Å². The molecule has 0 aromatic carbocycles. The van der Waals surface area contributed by atoms with Gasteiger partial charge in [0, 0.05) is 11.3 Å². The van der Waals surface area contributed by atoms with Gasteiger partial charge in [0.15, 0.2) is 5.82 Å². The summed E-state index contributed by atoms with van der Waals surface area (Å²) in [6.07, 6.45) is 4.46. The third kappa shape index (κ3) is 1.87. The van der Waals surface area contributed by atoms with Crippen LogP contribution in [0.4, 0.5) is 5.82 Å². The molecule has 3 N–H and O–H groups in total. The summed E-state index contributed by atoms with van der Waals surface area (Å²) in [5.74, 6) is 7.88. The maximum Gasteiger partial charge on any atom is 0.152 e. The van der Waals surface area contributed by atoms with E-state index in [1.54, 1.807) is 0 Å². The maximum absolute atomic E-state index is 5.63. The number of fused-ring (bicyclic) bond motifs is 3. The third-order valence-electron chi connectivity index (χ3n) is 3.34. The van der Waals surface area contributed by atoms with Crippen LogP contribution < -0.4 is 11.3 Å². The minimum Gasteiger partial charge on any atom is -0.308 e. The van der Waals surface area contributed by atoms with Crippen LogP contribution in [0.15, 0.2) is 0 Å². The quantitative estimate of drug-likeness (QED) is 0.659. The van der Waals surface area contributed by atoms with E-state index in [4.69, 9.17) is 10.8 Å². The van der Waals surface area contributed by atoms with Gasteiger partial charge in [0.25, 0.3) is 0 Å². The average Bonchev–Trinajstić information content (AvgIpc) is 2.86. The molecule has 3 rings (SSSR count). The van der Waals surface area contributed by atoms with Crippen LogP contribution in [0.1, 0.15) is 36.5 Å². The summed E-state index contributed by atoms with van der Waals surface area (Å²) in [5, 5.41) is 1.16. The van der Waals surface area contributed by atoms with Crippen molar-refractivity contribution in [2.75, 3.05) is 5.43 Å². The van der Waals surface area contributed by atoms with Crippen LogP contribution in [0.25, 0.3) is 10.2 Å². The molecule has 0 fully saturated rings. The Bertz CT molecular complexity index is 588. The molecular weight excluding hydrogens is 244 g/mol. The number of nitrogens with one attached hydrogen (secondary N) is 1. The number of nitrogens with two attached hydrogens (primary N) is 1. The number of rotatable bonds is 3. The van der Waals surface area contributed by atoms with Gasteiger partial charge in [-0.2, -0.15) is 0 Å². The second-order valence-electron chi connectivity index (χ2n) is 5.27. The predicted molar refractivity (Wildman–Crippen MR) is 75.8 cm³/mol. The highest BCUT2D eigenvalue weighted by atomic mass is 32.1. The highest BCUT2D eigenvalue weighted by Crippen LogP contribution is 2.39.